The summed E-state index contributed by atoms with van der Waals surface area (Å²) in [6, 6.07) is 0.0221. The molecule has 1 rings (SSSR count). The van der Waals surface area contributed by atoms with Crippen LogP contribution in [0.25, 0.3) is 0 Å². The molecule has 0 aromatic carbocycles. The van der Waals surface area contributed by atoms with Gasteiger partial charge in [-0.1, -0.05) is 0 Å². The number of carbonyl (C=O) groups is 1. The molecule has 4 nitrogen and oxygen atoms in total. The fourth-order valence-corrected chi connectivity index (χ4v) is 2.39. The van der Waals surface area contributed by atoms with Gasteiger partial charge in [0.2, 0.25) is 5.91 Å². The molecule has 0 spiro atoms. The van der Waals surface area contributed by atoms with E-state index >= 15 is 0 Å². The number of hydrogen-bond donors (Lipinski definition) is 1. The number of likely N-dealkylation sites (N-methyl/N-ethyl adjacent to an activating group) is 1. The third kappa shape index (κ3) is 3.46. The van der Waals surface area contributed by atoms with E-state index in [4.69, 9.17) is 5.73 Å². The molecule has 1 unspecified atom stereocenters. The second-order valence-electron chi connectivity index (χ2n) is 4.97. The topological polar surface area (TPSA) is 49.6 Å². The molecular weight excluding hydrogens is 202 g/mol. The van der Waals surface area contributed by atoms with E-state index in [1.807, 2.05) is 21.0 Å². The summed E-state index contributed by atoms with van der Waals surface area (Å²) in [6.07, 6.45) is 3.49. The first-order valence-corrected chi connectivity index (χ1v) is 6.21. The van der Waals surface area contributed by atoms with Crippen LogP contribution >= 0.6 is 0 Å². The molecule has 16 heavy (non-hydrogen) atoms. The highest BCUT2D eigenvalue weighted by atomic mass is 16.2. The van der Waals surface area contributed by atoms with Crippen LogP contribution in [0, 0.1) is 5.92 Å². The number of piperidine rings is 1. The number of carbonyl (C=O) groups excluding carboxylic acids is 1. The Balaban J connectivity index is 2.38. The van der Waals surface area contributed by atoms with E-state index in [1.54, 1.807) is 4.90 Å². The van der Waals surface area contributed by atoms with Gasteiger partial charge < -0.3 is 10.6 Å². The summed E-state index contributed by atoms with van der Waals surface area (Å²) in [4.78, 5) is 15.8. The number of nitrogens with two attached hydrogens (primary N) is 1. The lowest BCUT2D eigenvalue weighted by Crippen LogP contribution is -2.48. The zero-order valence-corrected chi connectivity index (χ0v) is 10.8. The normalized spacial score (nSPS) is 20.8. The minimum absolute atomic E-state index is 0.0221. The summed E-state index contributed by atoms with van der Waals surface area (Å²) in [5, 5.41) is 0. The predicted molar refractivity (Wildman–Crippen MR) is 66.1 cm³/mol. The first-order chi connectivity index (χ1) is 7.56. The second-order valence-corrected chi connectivity index (χ2v) is 4.97. The van der Waals surface area contributed by atoms with Crippen molar-refractivity contribution in [2.24, 2.45) is 11.7 Å². The molecule has 1 aliphatic rings. The van der Waals surface area contributed by atoms with E-state index in [-0.39, 0.29) is 11.9 Å². The average molecular weight is 227 g/mol. The molecule has 1 saturated heterocycles. The van der Waals surface area contributed by atoms with Crippen LogP contribution in [0.3, 0.4) is 0 Å². The molecule has 0 saturated carbocycles. The van der Waals surface area contributed by atoms with Gasteiger partial charge in [-0.15, -0.1) is 0 Å². The lowest BCUT2D eigenvalue weighted by Gasteiger charge is -2.36. The number of likely N-dealkylation sites (tertiary alicyclic amines) is 1. The van der Waals surface area contributed by atoms with Crippen molar-refractivity contribution in [2.75, 3.05) is 33.7 Å². The predicted octanol–water partition coefficient (Wildman–Crippen LogP) is 0.524. The van der Waals surface area contributed by atoms with Gasteiger partial charge in [-0.2, -0.15) is 0 Å². The van der Waals surface area contributed by atoms with E-state index < -0.39 is 0 Å². The van der Waals surface area contributed by atoms with Crippen LogP contribution < -0.4 is 5.73 Å². The molecule has 1 aliphatic heterocycles. The van der Waals surface area contributed by atoms with Gasteiger partial charge in [0, 0.05) is 14.1 Å². The lowest BCUT2D eigenvalue weighted by molar-refractivity contribution is -0.134. The number of nitrogens with zero attached hydrogens (tertiary/aromatic N) is 2. The summed E-state index contributed by atoms with van der Waals surface area (Å²) in [5.41, 5.74) is 5.57. The van der Waals surface area contributed by atoms with E-state index in [9.17, 15) is 4.79 Å². The van der Waals surface area contributed by atoms with E-state index in [0.717, 1.165) is 32.0 Å². The molecule has 4 heteroatoms. The van der Waals surface area contributed by atoms with Crippen molar-refractivity contribution in [1.82, 2.24) is 9.80 Å². The van der Waals surface area contributed by atoms with Gasteiger partial charge in [0.05, 0.1) is 6.04 Å². The first kappa shape index (κ1) is 13.5. The van der Waals surface area contributed by atoms with Gasteiger partial charge in [0.1, 0.15) is 0 Å². The number of hydrogen-bond acceptors (Lipinski definition) is 3. The fraction of sp³-hybridized carbons (Fsp3) is 0.917. The highest BCUT2D eigenvalue weighted by Gasteiger charge is 2.26. The van der Waals surface area contributed by atoms with Gasteiger partial charge in [-0.05, 0) is 51.7 Å². The van der Waals surface area contributed by atoms with Crippen molar-refractivity contribution < 1.29 is 4.79 Å². The van der Waals surface area contributed by atoms with Crippen LogP contribution in [-0.2, 0) is 4.79 Å². The average Bonchev–Trinajstić information content (AvgIpc) is 2.28. The Labute approximate surface area is 98.8 Å². The van der Waals surface area contributed by atoms with E-state index in [1.165, 1.54) is 12.8 Å². The smallest absolute Gasteiger partial charge is 0.239 e. The summed E-state index contributed by atoms with van der Waals surface area (Å²) < 4.78 is 0. The molecular formula is C12H25N3O. The Morgan fingerprint density at radius 2 is 2.00 bits per heavy atom. The van der Waals surface area contributed by atoms with Crippen LogP contribution in [0.5, 0.6) is 0 Å². The molecule has 0 aliphatic carbocycles. The number of rotatable bonds is 4. The summed E-state index contributed by atoms with van der Waals surface area (Å²) in [6.45, 7) is 4.86. The second kappa shape index (κ2) is 6.21. The zero-order valence-electron chi connectivity index (χ0n) is 10.8. The quantitative estimate of drug-likeness (QED) is 0.762. The first-order valence-electron chi connectivity index (χ1n) is 6.21. The summed E-state index contributed by atoms with van der Waals surface area (Å²) in [7, 11) is 3.64. The molecule has 0 bridgehead atoms. The van der Waals surface area contributed by atoms with Crippen LogP contribution in [0.1, 0.15) is 26.2 Å². The third-order valence-corrected chi connectivity index (χ3v) is 3.57. The van der Waals surface area contributed by atoms with Crippen molar-refractivity contribution in [3.05, 3.63) is 0 Å². The highest BCUT2D eigenvalue weighted by Crippen LogP contribution is 2.21. The maximum atomic E-state index is 11.8. The standard InChI is InChI=1S/C12H25N3O/c1-10(12(16)14(2)3)15-8-5-11(4-7-13)6-9-15/h10-11H,4-9,13H2,1-3H3. The zero-order chi connectivity index (χ0) is 12.1. The van der Waals surface area contributed by atoms with Gasteiger partial charge in [-0.25, -0.2) is 0 Å². The molecule has 0 aromatic heterocycles. The molecule has 2 N–H and O–H groups in total. The lowest BCUT2D eigenvalue weighted by atomic mass is 9.93. The Bertz CT molecular complexity index is 222. The largest absolute Gasteiger partial charge is 0.347 e. The summed E-state index contributed by atoms with van der Waals surface area (Å²) in [5.74, 6) is 0.972. The minimum Gasteiger partial charge on any atom is -0.347 e. The van der Waals surface area contributed by atoms with E-state index in [0.29, 0.717) is 0 Å². The van der Waals surface area contributed by atoms with Crippen LogP contribution in [0.4, 0.5) is 0 Å². The van der Waals surface area contributed by atoms with Crippen LogP contribution in [0.15, 0.2) is 0 Å². The van der Waals surface area contributed by atoms with Crippen LogP contribution in [-0.4, -0.2) is 55.5 Å². The van der Waals surface area contributed by atoms with E-state index in [2.05, 4.69) is 4.90 Å². The highest BCUT2D eigenvalue weighted by molar-refractivity contribution is 5.80. The van der Waals surface area contributed by atoms with Crippen molar-refractivity contribution >= 4 is 5.91 Å². The van der Waals surface area contributed by atoms with Gasteiger partial charge in [-0.3, -0.25) is 9.69 Å². The van der Waals surface area contributed by atoms with Crippen molar-refractivity contribution in [2.45, 2.75) is 32.2 Å². The molecule has 1 fully saturated rings. The molecule has 1 heterocycles. The van der Waals surface area contributed by atoms with Crippen molar-refractivity contribution in [3.63, 3.8) is 0 Å². The third-order valence-electron chi connectivity index (χ3n) is 3.57. The van der Waals surface area contributed by atoms with Crippen molar-refractivity contribution in [1.29, 1.82) is 0 Å². The Hall–Kier alpha value is -0.610. The molecule has 0 aromatic rings. The fourth-order valence-electron chi connectivity index (χ4n) is 2.39. The van der Waals surface area contributed by atoms with Gasteiger partial charge in [0.15, 0.2) is 0 Å². The van der Waals surface area contributed by atoms with Crippen LogP contribution in [0.2, 0.25) is 0 Å². The molecule has 1 amide bonds. The maximum absolute atomic E-state index is 11.8. The molecule has 0 radical (unpaired) electrons. The SMILES string of the molecule is CC(C(=O)N(C)C)N1CCC(CCN)CC1. The number of amides is 1. The minimum atomic E-state index is 0.0221. The molecule has 1 atom stereocenters. The Kier molecular flexibility index (Phi) is 5.22. The molecule has 94 valence electrons. The maximum Gasteiger partial charge on any atom is 0.239 e. The summed E-state index contributed by atoms with van der Waals surface area (Å²) >= 11 is 0. The Morgan fingerprint density at radius 3 is 2.44 bits per heavy atom. The monoisotopic (exact) mass is 227 g/mol. The Morgan fingerprint density at radius 1 is 1.44 bits per heavy atom. The van der Waals surface area contributed by atoms with Crippen molar-refractivity contribution in [3.8, 4) is 0 Å². The van der Waals surface area contributed by atoms with Gasteiger partial charge >= 0.3 is 0 Å². The van der Waals surface area contributed by atoms with Gasteiger partial charge in [0.25, 0.3) is 0 Å².